The average molecular weight is 360 g/mol. The van der Waals surface area contributed by atoms with Gasteiger partial charge in [-0.1, -0.05) is 13.0 Å². The summed E-state index contributed by atoms with van der Waals surface area (Å²) in [5.41, 5.74) is 3.05. The zero-order valence-electron chi connectivity index (χ0n) is 14.7. The normalized spacial score (nSPS) is 11.6. The van der Waals surface area contributed by atoms with Crippen LogP contribution in [0.3, 0.4) is 0 Å². The van der Waals surface area contributed by atoms with Gasteiger partial charge in [0.1, 0.15) is 12.1 Å². The highest BCUT2D eigenvalue weighted by Crippen LogP contribution is 2.36. The summed E-state index contributed by atoms with van der Waals surface area (Å²) in [5, 5.41) is 2.95. The molecule has 4 nitrogen and oxygen atoms in total. The van der Waals surface area contributed by atoms with Crippen molar-refractivity contribution in [2.75, 3.05) is 12.4 Å². The van der Waals surface area contributed by atoms with Crippen LogP contribution < -0.4 is 5.32 Å². The third kappa shape index (κ3) is 3.42. The smallest absolute Gasteiger partial charge is 0.373 e. The summed E-state index contributed by atoms with van der Waals surface area (Å²) in [4.78, 5) is 8.36. The first-order valence-electron chi connectivity index (χ1n) is 8.20. The van der Waals surface area contributed by atoms with E-state index in [1.807, 2.05) is 30.8 Å². The van der Waals surface area contributed by atoms with Gasteiger partial charge in [0.05, 0.1) is 17.0 Å². The van der Waals surface area contributed by atoms with Crippen LogP contribution in [0.1, 0.15) is 18.1 Å². The van der Waals surface area contributed by atoms with E-state index in [4.69, 9.17) is 0 Å². The van der Waals surface area contributed by atoms with E-state index in [2.05, 4.69) is 15.3 Å². The van der Waals surface area contributed by atoms with Crippen molar-refractivity contribution in [1.82, 2.24) is 14.5 Å². The lowest BCUT2D eigenvalue weighted by atomic mass is 9.97. The Bertz CT molecular complexity index is 929. The van der Waals surface area contributed by atoms with E-state index < -0.39 is 11.7 Å². The van der Waals surface area contributed by atoms with Crippen LogP contribution in [0.25, 0.3) is 22.5 Å². The monoisotopic (exact) mass is 360 g/mol. The highest BCUT2D eigenvalue weighted by atomic mass is 19.4. The molecule has 0 bridgehead atoms. The van der Waals surface area contributed by atoms with Crippen LogP contribution >= 0.6 is 0 Å². The largest absolute Gasteiger partial charge is 0.416 e. The highest BCUT2D eigenvalue weighted by molar-refractivity contribution is 5.74. The van der Waals surface area contributed by atoms with Gasteiger partial charge in [-0.05, 0) is 35.7 Å². The second-order valence-corrected chi connectivity index (χ2v) is 5.99. The summed E-state index contributed by atoms with van der Waals surface area (Å²) in [6.45, 7) is 1.93. The molecule has 1 N–H and O–H groups in total. The molecule has 26 heavy (non-hydrogen) atoms. The number of rotatable bonds is 4. The van der Waals surface area contributed by atoms with Crippen molar-refractivity contribution < 1.29 is 13.2 Å². The summed E-state index contributed by atoms with van der Waals surface area (Å²) in [6, 6.07) is 7.56. The number of hydrogen-bond acceptors (Lipinski definition) is 3. The lowest BCUT2D eigenvalue weighted by molar-refractivity contribution is -0.137. The van der Waals surface area contributed by atoms with Crippen LogP contribution in [0.4, 0.5) is 19.0 Å². The summed E-state index contributed by atoms with van der Waals surface area (Å²) >= 11 is 0. The molecule has 1 aromatic carbocycles. The van der Waals surface area contributed by atoms with Crippen molar-refractivity contribution in [3.8, 4) is 22.5 Å². The number of alkyl halides is 3. The van der Waals surface area contributed by atoms with Crippen molar-refractivity contribution in [3.05, 3.63) is 54.0 Å². The molecule has 0 atom stereocenters. The maximum absolute atomic E-state index is 13.1. The fourth-order valence-corrected chi connectivity index (χ4v) is 2.93. The molecule has 0 aliphatic rings. The Morgan fingerprint density at radius 1 is 1.12 bits per heavy atom. The van der Waals surface area contributed by atoms with Crippen molar-refractivity contribution in [2.45, 2.75) is 19.5 Å². The first-order chi connectivity index (χ1) is 12.3. The van der Waals surface area contributed by atoms with Crippen LogP contribution in [-0.2, 0) is 19.6 Å². The first-order valence-corrected chi connectivity index (χ1v) is 8.20. The van der Waals surface area contributed by atoms with Gasteiger partial charge in [-0.3, -0.25) is 0 Å². The van der Waals surface area contributed by atoms with Gasteiger partial charge in [0.15, 0.2) is 0 Å². The Morgan fingerprint density at radius 2 is 1.88 bits per heavy atom. The third-order valence-electron chi connectivity index (χ3n) is 4.32. The molecule has 2 heterocycles. The van der Waals surface area contributed by atoms with Gasteiger partial charge >= 0.3 is 6.18 Å². The van der Waals surface area contributed by atoms with Crippen molar-refractivity contribution in [1.29, 1.82) is 0 Å². The van der Waals surface area contributed by atoms with Crippen LogP contribution in [0.2, 0.25) is 0 Å². The van der Waals surface area contributed by atoms with Crippen molar-refractivity contribution in [3.63, 3.8) is 0 Å². The Morgan fingerprint density at radius 3 is 2.54 bits per heavy atom. The van der Waals surface area contributed by atoms with E-state index in [0.29, 0.717) is 23.5 Å². The van der Waals surface area contributed by atoms with Crippen LogP contribution in [0.5, 0.6) is 0 Å². The van der Waals surface area contributed by atoms with Crippen LogP contribution in [0.15, 0.2) is 42.9 Å². The Balaban J connectivity index is 2.11. The van der Waals surface area contributed by atoms with Gasteiger partial charge in [-0.25, -0.2) is 9.97 Å². The molecule has 136 valence electrons. The van der Waals surface area contributed by atoms with Gasteiger partial charge in [0, 0.05) is 31.9 Å². The minimum atomic E-state index is -4.37. The molecule has 3 aromatic rings. The average Bonchev–Trinajstić information content (AvgIpc) is 3.02. The van der Waals surface area contributed by atoms with Crippen molar-refractivity contribution >= 4 is 5.82 Å². The lowest BCUT2D eigenvalue weighted by Gasteiger charge is -2.12. The molecule has 7 heteroatoms. The van der Waals surface area contributed by atoms with E-state index >= 15 is 0 Å². The van der Waals surface area contributed by atoms with Crippen LogP contribution in [0, 0.1) is 0 Å². The highest BCUT2D eigenvalue weighted by Gasteiger charge is 2.31. The van der Waals surface area contributed by atoms with Gasteiger partial charge in [-0.15, -0.1) is 0 Å². The number of halogens is 3. The molecule has 0 saturated heterocycles. The van der Waals surface area contributed by atoms with Gasteiger partial charge in [0.2, 0.25) is 0 Å². The quantitative estimate of drug-likeness (QED) is 0.729. The molecule has 2 aromatic heterocycles. The number of nitrogens with one attached hydrogen (secondary N) is 1. The first kappa shape index (κ1) is 18.0. The topological polar surface area (TPSA) is 42.7 Å². The Hall–Kier alpha value is -2.83. The van der Waals surface area contributed by atoms with Gasteiger partial charge in [0.25, 0.3) is 0 Å². The summed E-state index contributed by atoms with van der Waals surface area (Å²) in [6.07, 6.45) is -0.442. The lowest BCUT2D eigenvalue weighted by Crippen LogP contribution is -2.05. The Kier molecular flexibility index (Phi) is 4.71. The molecule has 0 aliphatic heterocycles. The molecule has 0 spiro atoms. The molecular formula is C19H19F3N4. The molecule has 0 aliphatic carbocycles. The molecule has 0 amide bonds. The SMILES string of the molecule is CCc1ccc(C(F)(F)F)cc1-c1cc(-c2cc(NC)ncn2)n(C)c1. The fourth-order valence-electron chi connectivity index (χ4n) is 2.93. The molecular weight excluding hydrogens is 341 g/mol. The molecule has 0 unspecified atom stereocenters. The summed E-state index contributed by atoms with van der Waals surface area (Å²) in [5.74, 6) is 0.672. The molecule has 0 fully saturated rings. The van der Waals surface area contributed by atoms with E-state index in [9.17, 15) is 13.2 Å². The van der Waals surface area contributed by atoms with Gasteiger partial charge < -0.3 is 9.88 Å². The molecule has 3 rings (SSSR count). The number of aromatic nitrogens is 3. The second-order valence-electron chi connectivity index (χ2n) is 5.99. The summed E-state index contributed by atoms with van der Waals surface area (Å²) < 4.78 is 41.2. The second kappa shape index (κ2) is 6.82. The maximum Gasteiger partial charge on any atom is 0.416 e. The molecule has 0 saturated carbocycles. The van der Waals surface area contributed by atoms with E-state index in [1.54, 1.807) is 19.2 Å². The number of anilines is 1. The van der Waals surface area contributed by atoms with Gasteiger partial charge in [-0.2, -0.15) is 13.2 Å². The minimum absolute atomic E-state index is 0.590. The van der Waals surface area contributed by atoms with Crippen LogP contribution in [-0.4, -0.2) is 21.6 Å². The fraction of sp³-hybridized carbons (Fsp3) is 0.263. The maximum atomic E-state index is 13.1. The zero-order chi connectivity index (χ0) is 18.9. The van der Waals surface area contributed by atoms with Crippen molar-refractivity contribution in [2.24, 2.45) is 7.05 Å². The predicted molar refractivity (Wildman–Crippen MR) is 95.8 cm³/mol. The molecule has 0 radical (unpaired) electrons. The number of benzene rings is 1. The standard InChI is InChI=1S/C19H19F3N4/c1-4-12-5-6-14(19(20,21)22)8-15(12)13-7-17(26(3)10-13)16-9-18(23-2)25-11-24-16/h5-11H,4H2,1-3H3,(H,23,24,25). The number of aryl methyl sites for hydroxylation is 2. The predicted octanol–water partition coefficient (Wildman–Crippen LogP) is 4.77. The number of hydrogen-bond donors (Lipinski definition) is 1. The third-order valence-corrected chi connectivity index (χ3v) is 4.32. The summed E-state index contributed by atoms with van der Waals surface area (Å²) in [7, 11) is 3.61. The van der Waals surface area contributed by atoms with E-state index in [1.165, 1.54) is 12.4 Å². The minimum Gasteiger partial charge on any atom is -0.373 e. The Labute approximate surface area is 149 Å². The van der Waals surface area contributed by atoms with E-state index in [0.717, 1.165) is 22.9 Å². The number of nitrogens with zero attached hydrogens (tertiary/aromatic N) is 3. The van der Waals surface area contributed by atoms with E-state index in [-0.39, 0.29) is 0 Å². The zero-order valence-corrected chi connectivity index (χ0v) is 14.7.